The molecule has 0 bridgehead atoms. The lowest BCUT2D eigenvalue weighted by Gasteiger charge is -2.09. The minimum absolute atomic E-state index is 0.0797. The van der Waals surface area contributed by atoms with Crippen LogP contribution in [0.5, 0.6) is 0 Å². The van der Waals surface area contributed by atoms with E-state index in [-0.39, 0.29) is 26.2 Å². The Labute approximate surface area is 151 Å². The van der Waals surface area contributed by atoms with Crippen molar-refractivity contribution in [2.75, 3.05) is 4.72 Å². The number of anilines is 1. The molecule has 2 N–H and O–H groups in total. The lowest BCUT2D eigenvalue weighted by molar-refractivity contribution is 0.0699. The van der Waals surface area contributed by atoms with E-state index in [2.05, 4.69) is 4.72 Å². The molecule has 0 saturated heterocycles. The van der Waals surface area contributed by atoms with Crippen LogP contribution in [0.3, 0.4) is 0 Å². The van der Waals surface area contributed by atoms with Gasteiger partial charge in [-0.3, -0.25) is 4.72 Å². The van der Waals surface area contributed by atoms with Crippen molar-refractivity contribution < 1.29 is 18.3 Å². The molecule has 0 fully saturated rings. The fourth-order valence-corrected chi connectivity index (χ4v) is 4.85. The second-order valence-corrected chi connectivity index (χ2v) is 8.34. The third kappa shape index (κ3) is 3.34. The molecule has 0 unspecified atom stereocenters. The number of hydrogen-bond acceptors (Lipinski definition) is 4. The number of carboxylic acids is 1. The summed E-state index contributed by atoms with van der Waals surface area (Å²) in [6.07, 6.45) is 0. The van der Waals surface area contributed by atoms with Crippen molar-refractivity contribution in [1.29, 1.82) is 0 Å². The van der Waals surface area contributed by atoms with Crippen LogP contribution in [0.25, 0.3) is 10.1 Å². The molecule has 5 nitrogen and oxygen atoms in total. The lowest BCUT2D eigenvalue weighted by atomic mass is 10.1. The minimum atomic E-state index is -3.91. The van der Waals surface area contributed by atoms with Gasteiger partial charge in [0.15, 0.2) is 0 Å². The van der Waals surface area contributed by atoms with Crippen LogP contribution in [-0.4, -0.2) is 19.5 Å². The van der Waals surface area contributed by atoms with Gasteiger partial charge in [-0.1, -0.05) is 23.2 Å². The number of hydrogen-bond donors (Lipinski definition) is 2. The monoisotopic (exact) mass is 401 g/mol. The third-order valence-corrected chi connectivity index (χ3v) is 5.96. The van der Waals surface area contributed by atoms with Gasteiger partial charge in [-0.05, 0) is 36.4 Å². The average Bonchev–Trinajstić information content (AvgIpc) is 2.89. The minimum Gasteiger partial charge on any atom is -0.478 e. The molecular weight excluding hydrogens is 393 g/mol. The number of aromatic carboxylic acids is 1. The van der Waals surface area contributed by atoms with Crippen molar-refractivity contribution in [3.63, 3.8) is 0 Å². The maximum atomic E-state index is 12.5. The van der Waals surface area contributed by atoms with E-state index in [9.17, 15) is 18.3 Å². The van der Waals surface area contributed by atoms with Gasteiger partial charge in [0, 0.05) is 31.2 Å². The molecule has 0 atom stereocenters. The second-order valence-electron chi connectivity index (χ2n) is 4.88. The van der Waals surface area contributed by atoms with Gasteiger partial charge in [0.25, 0.3) is 10.0 Å². The Balaban J connectivity index is 2.02. The largest absolute Gasteiger partial charge is 0.478 e. The third-order valence-electron chi connectivity index (χ3n) is 3.20. The summed E-state index contributed by atoms with van der Waals surface area (Å²) in [4.78, 5) is 11.1. The van der Waals surface area contributed by atoms with Crippen molar-refractivity contribution in [3.8, 4) is 0 Å². The quantitative estimate of drug-likeness (QED) is 0.662. The zero-order valence-electron chi connectivity index (χ0n) is 11.8. The Morgan fingerprint density at radius 2 is 1.75 bits per heavy atom. The van der Waals surface area contributed by atoms with Crippen molar-refractivity contribution in [2.45, 2.75) is 4.90 Å². The number of carboxylic acid groups (broad SMARTS) is 1. The normalized spacial score (nSPS) is 11.6. The van der Waals surface area contributed by atoms with Gasteiger partial charge >= 0.3 is 5.97 Å². The van der Waals surface area contributed by atoms with Crippen LogP contribution in [0.4, 0.5) is 5.69 Å². The van der Waals surface area contributed by atoms with Crippen molar-refractivity contribution in [1.82, 2.24) is 0 Å². The Kier molecular flexibility index (Phi) is 4.44. The maximum Gasteiger partial charge on any atom is 0.337 e. The van der Waals surface area contributed by atoms with Crippen LogP contribution in [0, 0.1) is 0 Å². The number of thiophene rings is 1. The first kappa shape index (κ1) is 17.0. The Morgan fingerprint density at radius 1 is 1.08 bits per heavy atom. The van der Waals surface area contributed by atoms with Crippen LogP contribution in [0.2, 0.25) is 10.0 Å². The zero-order chi connectivity index (χ0) is 17.5. The highest BCUT2D eigenvalue weighted by Gasteiger charge is 2.17. The second kappa shape index (κ2) is 6.25. The molecule has 24 heavy (non-hydrogen) atoms. The van der Waals surface area contributed by atoms with Gasteiger partial charge < -0.3 is 5.11 Å². The van der Waals surface area contributed by atoms with Crippen LogP contribution in [-0.2, 0) is 10.0 Å². The summed E-state index contributed by atoms with van der Waals surface area (Å²) < 4.78 is 28.1. The number of rotatable bonds is 4. The van der Waals surface area contributed by atoms with Gasteiger partial charge in [-0.25, -0.2) is 13.2 Å². The predicted octanol–water partition coefficient (Wildman–Crippen LogP) is 4.71. The molecule has 9 heteroatoms. The molecule has 0 amide bonds. The number of nitrogens with one attached hydrogen (secondary N) is 1. The Morgan fingerprint density at radius 3 is 2.38 bits per heavy atom. The van der Waals surface area contributed by atoms with E-state index in [0.717, 1.165) is 4.70 Å². The summed E-state index contributed by atoms with van der Waals surface area (Å²) in [7, 11) is -3.91. The molecule has 3 rings (SSSR count). The molecule has 0 aliphatic rings. The van der Waals surface area contributed by atoms with Crippen LogP contribution in [0.1, 0.15) is 10.4 Å². The van der Waals surface area contributed by atoms with Gasteiger partial charge in [0.2, 0.25) is 0 Å². The Hall–Kier alpha value is -1.80. The van der Waals surface area contributed by atoms with Crippen molar-refractivity contribution in [3.05, 3.63) is 57.4 Å². The molecule has 2 aromatic carbocycles. The lowest BCUT2D eigenvalue weighted by Crippen LogP contribution is -2.13. The molecule has 1 heterocycles. The van der Waals surface area contributed by atoms with Crippen LogP contribution in [0.15, 0.2) is 46.7 Å². The highest BCUT2D eigenvalue weighted by atomic mass is 35.5. The summed E-state index contributed by atoms with van der Waals surface area (Å²) in [6.45, 7) is 0. The summed E-state index contributed by atoms with van der Waals surface area (Å²) >= 11 is 13.0. The van der Waals surface area contributed by atoms with E-state index in [1.165, 1.54) is 41.0 Å². The van der Waals surface area contributed by atoms with Gasteiger partial charge in [0.1, 0.15) is 0 Å². The summed E-state index contributed by atoms with van der Waals surface area (Å²) in [5, 5.41) is 11.6. The predicted molar refractivity (Wildman–Crippen MR) is 96.1 cm³/mol. The molecular formula is C15H9Cl2NO4S2. The van der Waals surface area contributed by atoms with E-state index in [1.54, 1.807) is 12.1 Å². The first-order valence-corrected chi connectivity index (χ1v) is 9.61. The standard InChI is InChI=1S/C15H9Cl2NO4S2/c16-8-3-9(17)5-11(4-8)24(21,22)18-10-1-2-14-12(6-10)13(7-23-14)15(19)20/h1-7,18H,(H,19,20). The molecule has 124 valence electrons. The van der Waals surface area contributed by atoms with E-state index >= 15 is 0 Å². The number of sulfonamides is 1. The highest BCUT2D eigenvalue weighted by molar-refractivity contribution is 7.92. The highest BCUT2D eigenvalue weighted by Crippen LogP contribution is 2.30. The molecule has 0 saturated carbocycles. The van der Waals surface area contributed by atoms with E-state index < -0.39 is 16.0 Å². The summed E-state index contributed by atoms with van der Waals surface area (Å²) in [6, 6.07) is 8.70. The van der Waals surface area contributed by atoms with Crippen molar-refractivity contribution in [2.24, 2.45) is 0 Å². The number of halogens is 2. The van der Waals surface area contributed by atoms with Gasteiger partial charge in [-0.2, -0.15) is 0 Å². The molecule has 3 aromatic rings. The summed E-state index contributed by atoms with van der Waals surface area (Å²) in [5.41, 5.74) is 0.376. The average molecular weight is 402 g/mol. The maximum absolute atomic E-state index is 12.5. The zero-order valence-corrected chi connectivity index (χ0v) is 14.9. The smallest absolute Gasteiger partial charge is 0.337 e. The fourth-order valence-electron chi connectivity index (χ4n) is 2.16. The Bertz CT molecular complexity index is 1040. The van der Waals surface area contributed by atoms with Gasteiger partial charge in [0.05, 0.1) is 10.5 Å². The molecule has 0 aliphatic carbocycles. The molecule has 0 spiro atoms. The first-order chi connectivity index (χ1) is 11.3. The van der Waals surface area contributed by atoms with E-state index in [0.29, 0.717) is 5.39 Å². The summed E-state index contributed by atoms with van der Waals surface area (Å²) in [5.74, 6) is -1.07. The number of fused-ring (bicyclic) bond motifs is 1. The topological polar surface area (TPSA) is 83.5 Å². The van der Waals surface area contributed by atoms with Gasteiger partial charge in [-0.15, -0.1) is 11.3 Å². The molecule has 0 radical (unpaired) electrons. The van der Waals surface area contributed by atoms with E-state index in [4.69, 9.17) is 23.2 Å². The number of benzene rings is 2. The molecule has 0 aliphatic heterocycles. The first-order valence-electron chi connectivity index (χ1n) is 6.50. The fraction of sp³-hybridized carbons (Fsp3) is 0. The number of carbonyl (C=O) groups is 1. The van der Waals surface area contributed by atoms with Crippen molar-refractivity contribution >= 4 is 66.3 Å². The SMILES string of the molecule is O=C(O)c1csc2ccc(NS(=O)(=O)c3cc(Cl)cc(Cl)c3)cc12. The molecule has 1 aromatic heterocycles. The van der Waals surface area contributed by atoms with Crippen LogP contribution >= 0.6 is 34.5 Å². The van der Waals surface area contributed by atoms with Crippen LogP contribution < -0.4 is 4.72 Å². The van der Waals surface area contributed by atoms with E-state index in [1.807, 2.05) is 0 Å².